The van der Waals surface area contributed by atoms with Crippen LogP contribution in [0.15, 0.2) is 0 Å². The molecule has 0 radical (unpaired) electrons. The van der Waals surface area contributed by atoms with Crippen LogP contribution in [0.5, 0.6) is 0 Å². The van der Waals surface area contributed by atoms with E-state index in [1.165, 1.54) is 12.8 Å². The standard InChI is InChI=1S/C9H18ClNO2S/c1-2-14(12,13)6-5-11-8-9(7-10)3-4-9/h11H,2-8H2,1H3. The van der Waals surface area contributed by atoms with Crippen molar-refractivity contribution in [1.82, 2.24) is 5.32 Å². The topological polar surface area (TPSA) is 46.2 Å². The molecule has 0 aromatic rings. The summed E-state index contributed by atoms with van der Waals surface area (Å²) in [5.74, 6) is 1.15. The van der Waals surface area contributed by atoms with Gasteiger partial charge in [0.05, 0.1) is 5.75 Å². The van der Waals surface area contributed by atoms with Crippen LogP contribution < -0.4 is 5.32 Å². The van der Waals surface area contributed by atoms with Crippen LogP contribution in [0.1, 0.15) is 19.8 Å². The molecule has 0 heterocycles. The Bertz CT molecular complexity index is 273. The molecule has 14 heavy (non-hydrogen) atoms. The van der Waals surface area contributed by atoms with Crippen molar-refractivity contribution in [1.29, 1.82) is 0 Å². The first-order valence-electron chi connectivity index (χ1n) is 5.01. The van der Waals surface area contributed by atoms with Gasteiger partial charge in [-0.15, -0.1) is 11.6 Å². The second kappa shape index (κ2) is 4.81. The Morgan fingerprint density at radius 3 is 2.50 bits per heavy atom. The maximum absolute atomic E-state index is 11.1. The molecule has 0 spiro atoms. The summed E-state index contributed by atoms with van der Waals surface area (Å²) in [5, 5.41) is 3.17. The fraction of sp³-hybridized carbons (Fsp3) is 1.00. The number of nitrogens with one attached hydrogen (secondary N) is 1. The Kier molecular flexibility index (Phi) is 4.22. The van der Waals surface area contributed by atoms with Crippen LogP contribution in [0, 0.1) is 5.41 Å². The Morgan fingerprint density at radius 1 is 1.43 bits per heavy atom. The summed E-state index contributed by atoms with van der Waals surface area (Å²) in [6.07, 6.45) is 2.34. The normalized spacial score (nSPS) is 19.6. The van der Waals surface area contributed by atoms with E-state index < -0.39 is 9.84 Å². The maximum Gasteiger partial charge on any atom is 0.151 e. The number of hydrogen-bond acceptors (Lipinski definition) is 3. The van der Waals surface area contributed by atoms with Crippen molar-refractivity contribution in [2.45, 2.75) is 19.8 Å². The minimum absolute atomic E-state index is 0.231. The van der Waals surface area contributed by atoms with E-state index in [2.05, 4.69) is 5.32 Å². The second-order valence-electron chi connectivity index (χ2n) is 4.05. The highest BCUT2D eigenvalue weighted by Gasteiger charge is 2.41. The van der Waals surface area contributed by atoms with Crippen LogP contribution in [0.3, 0.4) is 0 Å². The van der Waals surface area contributed by atoms with E-state index >= 15 is 0 Å². The number of sulfone groups is 1. The van der Waals surface area contributed by atoms with Gasteiger partial charge in [-0.2, -0.15) is 0 Å². The maximum atomic E-state index is 11.1. The van der Waals surface area contributed by atoms with Crippen molar-refractivity contribution in [3.63, 3.8) is 0 Å². The predicted octanol–water partition coefficient (Wildman–Crippen LogP) is 1.03. The SMILES string of the molecule is CCS(=O)(=O)CCNCC1(CCl)CC1. The van der Waals surface area contributed by atoms with Gasteiger partial charge in [0.25, 0.3) is 0 Å². The largest absolute Gasteiger partial charge is 0.315 e. The molecular formula is C9H18ClNO2S. The number of halogens is 1. The first-order valence-corrected chi connectivity index (χ1v) is 7.36. The van der Waals surface area contributed by atoms with Crippen LogP contribution in [0.4, 0.5) is 0 Å². The van der Waals surface area contributed by atoms with Crippen molar-refractivity contribution in [3.05, 3.63) is 0 Å². The van der Waals surface area contributed by atoms with Gasteiger partial charge in [-0.05, 0) is 18.3 Å². The molecule has 0 atom stereocenters. The Morgan fingerprint density at radius 2 is 2.07 bits per heavy atom. The molecule has 0 aromatic carbocycles. The van der Waals surface area contributed by atoms with E-state index in [0.717, 1.165) is 6.54 Å². The molecule has 0 amide bonds. The highest BCUT2D eigenvalue weighted by atomic mass is 35.5. The average Bonchev–Trinajstić information content (AvgIpc) is 2.94. The minimum Gasteiger partial charge on any atom is -0.315 e. The summed E-state index contributed by atoms with van der Waals surface area (Å²) in [6.45, 7) is 3.08. The van der Waals surface area contributed by atoms with E-state index in [1.807, 2.05) is 0 Å². The van der Waals surface area contributed by atoms with E-state index in [0.29, 0.717) is 12.4 Å². The van der Waals surface area contributed by atoms with Crippen molar-refractivity contribution in [2.75, 3.05) is 30.5 Å². The molecular weight excluding hydrogens is 222 g/mol. The fourth-order valence-corrected chi connectivity index (χ4v) is 2.37. The first kappa shape index (κ1) is 12.3. The fourth-order valence-electron chi connectivity index (χ4n) is 1.26. The summed E-state index contributed by atoms with van der Waals surface area (Å²) < 4.78 is 22.3. The predicted molar refractivity (Wildman–Crippen MR) is 59.6 cm³/mol. The molecule has 1 aliphatic carbocycles. The highest BCUT2D eigenvalue weighted by molar-refractivity contribution is 7.91. The number of hydrogen-bond donors (Lipinski definition) is 1. The quantitative estimate of drug-likeness (QED) is 0.533. The van der Waals surface area contributed by atoms with E-state index in [4.69, 9.17) is 11.6 Å². The molecule has 0 aliphatic heterocycles. The molecule has 84 valence electrons. The Balaban J connectivity index is 2.11. The third-order valence-corrected chi connectivity index (χ3v) is 5.04. The lowest BCUT2D eigenvalue weighted by molar-refractivity contribution is 0.513. The van der Waals surface area contributed by atoms with Gasteiger partial charge >= 0.3 is 0 Å². The lowest BCUT2D eigenvalue weighted by Gasteiger charge is -2.11. The number of rotatable bonds is 7. The zero-order valence-electron chi connectivity index (χ0n) is 8.55. The average molecular weight is 240 g/mol. The van der Waals surface area contributed by atoms with E-state index in [1.54, 1.807) is 6.92 Å². The molecule has 1 aliphatic rings. The molecule has 5 heteroatoms. The smallest absolute Gasteiger partial charge is 0.151 e. The Hall–Kier alpha value is 0.200. The van der Waals surface area contributed by atoms with Crippen LogP contribution in [0.2, 0.25) is 0 Å². The van der Waals surface area contributed by atoms with Crippen LogP contribution in [-0.2, 0) is 9.84 Å². The third kappa shape index (κ3) is 3.75. The summed E-state index contributed by atoms with van der Waals surface area (Å²) in [5.41, 5.74) is 0.275. The molecule has 0 bridgehead atoms. The van der Waals surface area contributed by atoms with Gasteiger partial charge in [-0.1, -0.05) is 6.92 Å². The first-order chi connectivity index (χ1) is 6.54. The molecule has 0 unspecified atom stereocenters. The molecule has 1 rings (SSSR count). The van der Waals surface area contributed by atoms with E-state index in [9.17, 15) is 8.42 Å². The van der Waals surface area contributed by atoms with Gasteiger partial charge < -0.3 is 5.32 Å². The lowest BCUT2D eigenvalue weighted by atomic mass is 10.1. The minimum atomic E-state index is -2.82. The molecule has 1 fully saturated rings. The zero-order chi connectivity index (χ0) is 10.7. The summed E-state index contributed by atoms with van der Waals surface area (Å²) in [6, 6.07) is 0. The third-order valence-electron chi connectivity index (χ3n) is 2.77. The summed E-state index contributed by atoms with van der Waals surface area (Å²) in [7, 11) is -2.82. The van der Waals surface area contributed by atoms with Crippen LogP contribution >= 0.6 is 11.6 Å². The number of alkyl halides is 1. The summed E-state index contributed by atoms with van der Waals surface area (Å²) >= 11 is 5.79. The lowest BCUT2D eigenvalue weighted by Crippen LogP contribution is -2.30. The van der Waals surface area contributed by atoms with Gasteiger partial charge in [0.15, 0.2) is 9.84 Å². The molecule has 0 saturated heterocycles. The van der Waals surface area contributed by atoms with Gasteiger partial charge in [0, 0.05) is 24.7 Å². The van der Waals surface area contributed by atoms with Crippen molar-refractivity contribution < 1.29 is 8.42 Å². The van der Waals surface area contributed by atoms with Crippen molar-refractivity contribution >= 4 is 21.4 Å². The second-order valence-corrected chi connectivity index (χ2v) is 6.79. The molecule has 0 aromatic heterocycles. The highest BCUT2D eigenvalue weighted by Crippen LogP contribution is 2.45. The van der Waals surface area contributed by atoms with Crippen LogP contribution in [-0.4, -0.2) is 38.9 Å². The van der Waals surface area contributed by atoms with Gasteiger partial charge in [-0.3, -0.25) is 0 Å². The van der Waals surface area contributed by atoms with Gasteiger partial charge in [0.2, 0.25) is 0 Å². The van der Waals surface area contributed by atoms with Crippen LogP contribution in [0.25, 0.3) is 0 Å². The molecule has 1 saturated carbocycles. The van der Waals surface area contributed by atoms with Crippen molar-refractivity contribution in [3.8, 4) is 0 Å². The molecule has 1 N–H and O–H groups in total. The Labute approximate surface area is 91.1 Å². The summed E-state index contributed by atoms with van der Waals surface area (Å²) in [4.78, 5) is 0. The monoisotopic (exact) mass is 239 g/mol. The van der Waals surface area contributed by atoms with E-state index in [-0.39, 0.29) is 16.9 Å². The van der Waals surface area contributed by atoms with Crippen molar-refractivity contribution in [2.24, 2.45) is 5.41 Å². The zero-order valence-corrected chi connectivity index (χ0v) is 10.1. The molecule has 3 nitrogen and oxygen atoms in total. The van der Waals surface area contributed by atoms with Gasteiger partial charge in [-0.25, -0.2) is 8.42 Å². The van der Waals surface area contributed by atoms with Gasteiger partial charge in [0.1, 0.15) is 0 Å².